The number of aryl methyl sites for hydroxylation is 1. The van der Waals surface area contributed by atoms with E-state index in [9.17, 15) is 9.90 Å². The van der Waals surface area contributed by atoms with E-state index in [1.54, 1.807) is 0 Å². The van der Waals surface area contributed by atoms with Crippen molar-refractivity contribution >= 4 is 0 Å². The lowest BCUT2D eigenvalue weighted by molar-refractivity contribution is 0.445. The standard InChI is InChI=1S/C13H12N2O2/c16-11-7-12(17)15-13(14-11)10-6-5-8-3-1-2-4-9(8)10/h1-4,7,10H,5-6H2,(H2,14,15,16,17)/t10-/m1/s1. The zero-order valence-corrected chi connectivity index (χ0v) is 9.18. The summed E-state index contributed by atoms with van der Waals surface area (Å²) in [6, 6.07) is 9.23. The van der Waals surface area contributed by atoms with Crippen LogP contribution in [0.5, 0.6) is 5.88 Å². The molecular formula is C13H12N2O2. The molecule has 0 bridgehead atoms. The third-order valence-corrected chi connectivity index (χ3v) is 3.21. The van der Waals surface area contributed by atoms with Gasteiger partial charge in [-0.2, -0.15) is 4.98 Å². The number of H-pyrrole nitrogens is 1. The molecule has 0 aliphatic heterocycles. The second kappa shape index (κ2) is 3.73. The monoisotopic (exact) mass is 228 g/mol. The summed E-state index contributed by atoms with van der Waals surface area (Å²) in [6.45, 7) is 0. The van der Waals surface area contributed by atoms with Crippen molar-refractivity contribution in [2.45, 2.75) is 18.8 Å². The topological polar surface area (TPSA) is 66.0 Å². The highest BCUT2D eigenvalue weighted by atomic mass is 16.3. The average molecular weight is 228 g/mol. The molecule has 0 radical (unpaired) electrons. The molecular weight excluding hydrogens is 216 g/mol. The fraction of sp³-hybridized carbons (Fsp3) is 0.231. The Bertz CT molecular complexity index is 619. The smallest absolute Gasteiger partial charge is 0.254 e. The van der Waals surface area contributed by atoms with Crippen LogP contribution in [0.25, 0.3) is 0 Å². The molecule has 1 aromatic carbocycles. The van der Waals surface area contributed by atoms with Crippen molar-refractivity contribution in [1.29, 1.82) is 0 Å². The molecule has 1 aliphatic rings. The first-order valence-corrected chi connectivity index (χ1v) is 5.62. The molecule has 1 atom stereocenters. The predicted molar refractivity (Wildman–Crippen MR) is 63.1 cm³/mol. The lowest BCUT2D eigenvalue weighted by atomic mass is 10.0. The molecule has 86 valence electrons. The zero-order valence-electron chi connectivity index (χ0n) is 9.18. The summed E-state index contributed by atoms with van der Waals surface area (Å²) in [5, 5.41) is 9.37. The molecule has 3 rings (SSSR count). The Hall–Kier alpha value is -2.10. The Labute approximate surface area is 98.0 Å². The van der Waals surface area contributed by atoms with Crippen LogP contribution in [0.3, 0.4) is 0 Å². The van der Waals surface area contributed by atoms with Gasteiger partial charge in [0.1, 0.15) is 5.82 Å². The van der Waals surface area contributed by atoms with Gasteiger partial charge in [0.25, 0.3) is 5.56 Å². The van der Waals surface area contributed by atoms with Gasteiger partial charge in [0, 0.05) is 5.92 Å². The van der Waals surface area contributed by atoms with Gasteiger partial charge in [-0.15, -0.1) is 0 Å². The number of rotatable bonds is 1. The lowest BCUT2D eigenvalue weighted by Crippen LogP contribution is -2.12. The fourth-order valence-electron chi connectivity index (χ4n) is 2.47. The minimum atomic E-state index is -0.308. The lowest BCUT2D eigenvalue weighted by Gasteiger charge is -2.10. The van der Waals surface area contributed by atoms with Crippen LogP contribution in [0, 0.1) is 0 Å². The molecule has 17 heavy (non-hydrogen) atoms. The van der Waals surface area contributed by atoms with Gasteiger partial charge in [0.05, 0.1) is 6.07 Å². The Balaban J connectivity index is 2.10. The molecule has 2 aromatic rings. The number of aromatic amines is 1. The van der Waals surface area contributed by atoms with Crippen LogP contribution in [-0.2, 0) is 6.42 Å². The number of hydrogen-bond donors (Lipinski definition) is 2. The molecule has 0 unspecified atom stereocenters. The van der Waals surface area contributed by atoms with Crippen molar-refractivity contribution < 1.29 is 5.11 Å². The molecule has 0 saturated heterocycles. The zero-order chi connectivity index (χ0) is 11.8. The van der Waals surface area contributed by atoms with E-state index in [2.05, 4.69) is 22.1 Å². The Morgan fingerprint density at radius 2 is 2.18 bits per heavy atom. The van der Waals surface area contributed by atoms with Crippen molar-refractivity contribution in [3.63, 3.8) is 0 Å². The Kier molecular flexibility index (Phi) is 2.21. The molecule has 0 spiro atoms. The van der Waals surface area contributed by atoms with Gasteiger partial charge in [-0.05, 0) is 24.0 Å². The second-order valence-corrected chi connectivity index (χ2v) is 4.28. The molecule has 1 aliphatic carbocycles. The number of nitrogens with one attached hydrogen (secondary N) is 1. The first kappa shape index (κ1) is 10.1. The minimum absolute atomic E-state index is 0.0889. The summed E-state index contributed by atoms with van der Waals surface area (Å²) in [6.07, 6.45) is 1.91. The van der Waals surface area contributed by atoms with Gasteiger partial charge in [-0.1, -0.05) is 24.3 Å². The summed E-state index contributed by atoms with van der Waals surface area (Å²) < 4.78 is 0. The maximum atomic E-state index is 11.3. The quantitative estimate of drug-likeness (QED) is 0.778. The van der Waals surface area contributed by atoms with Crippen LogP contribution in [0.4, 0.5) is 0 Å². The molecule has 4 nitrogen and oxygen atoms in total. The normalized spacial score (nSPS) is 18.0. The van der Waals surface area contributed by atoms with Crippen LogP contribution < -0.4 is 5.56 Å². The van der Waals surface area contributed by atoms with Crippen molar-refractivity contribution in [3.05, 3.63) is 57.6 Å². The number of fused-ring (bicyclic) bond motifs is 1. The maximum absolute atomic E-state index is 11.3. The van der Waals surface area contributed by atoms with Crippen LogP contribution in [-0.4, -0.2) is 15.1 Å². The molecule has 1 heterocycles. The Morgan fingerprint density at radius 1 is 1.35 bits per heavy atom. The second-order valence-electron chi connectivity index (χ2n) is 4.28. The van der Waals surface area contributed by atoms with Crippen molar-refractivity contribution in [1.82, 2.24) is 9.97 Å². The van der Waals surface area contributed by atoms with E-state index < -0.39 is 0 Å². The van der Waals surface area contributed by atoms with Gasteiger partial charge in [0.15, 0.2) is 0 Å². The molecule has 2 N–H and O–H groups in total. The van der Waals surface area contributed by atoms with Crippen molar-refractivity contribution in [2.24, 2.45) is 0 Å². The van der Waals surface area contributed by atoms with E-state index in [0.29, 0.717) is 5.82 Å². The summed E-state index contributed by atoms with van der Waals surface area (Å²) in [4.78, 5) is 18.0. The van der Waals surface area contributed by atoms with Gasteiger partial charge in [-0.25, -0.2) is 0 Å². The molecule has 0 fully saturated rings. The SMILES string of the molecule is O=c1cc(O)nc([C@@H]2CCc3ccccc32)[nH]1. The van der Waals surface area contributed by atoms with Gasteiger partial charge in [-0.3, -0.25) is 4.79 Å². The van der Waals surface area contributed by atoms with E-state index >= 15 is 0 Å². The van der Waals surface area contributed by atoms with Crippen molar-refractivity contribution in [3.8, 4) is 5.88 Å². The van der Waals surface area contributed by atoms with Crippen LogP contribution in [0.2, 0.25) is 0 Å². The highest BCUT2D eigenvalue weighted by Gasteiger charge is 2.25. The Morgan fingerprint density at radius 3 is 3.00 bits per heavy atom. The molecule has 0 amide bonds. The third-order valence-electron chi connectivity index (χ3n) is 3.21. The minimum Gasteiger partial charge on any atom is -0.493 e. The van der Waals surface area contributed by atoms with E-state index in [1.807, 2.05) is 12.1 Å². The highest BCUT2D eigenvalue weighted by Crippen LogP contribution is 2.36. The number of benzene rings is 1. The van der Waals surface area contributed by atoms with Gasteiger partial charge < -0.3 is 10.1 Å². The average Bonchev–Trinajstić information content (AvgIpc) is 2.71. The number of aromatic hydroxyl groups is 1. The number of nitrogens with zero attached hydrogens (tertiary/aromatic N) is 1. The largest absolute Gasteiger partial charge is 0.493 e. The van der Waals surface area contributed by atoms with Gasteiger partial charge >= 0.3 is 0 Å². The van der Waals surface area contributed by atoms with Crippen LogP contribution in [0.15, 0.2) is 35.1 Å². The molecule has 0 saturated carbocycles. The first-order chi connectivity index (χ1) is 8.24. The van der Waals surface area contributed by atoms with E-state index in [-0.39, 0.29) is 17.4 Å². The van der Waals surface area contributed by atoms with E-state index in [0.717, 1.165) is 18.9 Å². The summed E-state index contributed by atoms with van der Waals surface area (Å²) in [5.74, 6) is 0.430. The predicted octanol–water partition coefficient (Wildman–Crippen LogP) is 1.55. The number of hydrogen-bond acceptors (Lipinski definition) is 3. The first-order valence-electron chi connectivity index (χ1n) is 5.62. The summed E-state index contributed by atoms with van der Waals surface area (Å²) >= 11 is 0. The highest BCUT2D eigenvalue weighted by molar-refractivity contribution is 5.38. The third kappa shape index (κ3) is 1.71. The van der Waals surface area contributed by atoms with Crippen LogP contribution >= 0.6 is 0 Å². The van der Waals surface area contributed by atoms with Crippen molar-refractivity contribution in [2.75, 3.05) is 0 Å². The summed E-state index contributed by atoms with van der Waals surface area (Å²) in [7, 11) is 0. The fourth-order valence-corrected chi connectivity index (χ4v) is 2.47. The molecule has 4 heteroatoms. The van der Waals surface area contributed by atoms with Crippen LogP contribution in [0.1, 0.15) is 29.3 Å². The van der Waals surface area contributed by atoms with E-state index in [4.69, 9.17) is 0 Å². The summed E-state index contributed by atoms with van der Waals surface area (Å²) in [5.41, 5.74) is 2.18. The number of aromatic nitrogens is 2. The van der Waals surface area contributed by atoms with E-state index in [1.165, 1.54) is 11.1 Å². The van der Waals surface area contributed by atoms with Gasteiger partial charge in [0.2, 0.25) is 5.88 Å². The molecule has 1 aromatic heterocycles. The maximum Gasteiger partial charge on any atom is 0.254 e.